The van der Waals surface area contributed by atoms with Crippen molar-refractivity contribution < 1.29 is 23.1 Å². The van der Waals surface area contributed by atoms with Gasteiger partial charge in [0.25, 0.3) is 0 Å². The van der Waals surface area contributed by atoms with E-state index in [9.17, 15) is 13.2 Å². The van der Waals surface area contributed by atoms with Crippen LogP contribution in [0.5, 0.6) is 5.75 Å². The molecule has 2 rings (SSSR count). The molecule has 0 saturated heterocycles. The second-order valence-corrected chi connectivity index (χ2v) is 6.39. The van der Waals surface area contributed by atoms with Gasteiger partial charge in [0, 0.05) is 0 Å². The standard InChI is InChI=1S/C15H14O5S/c1-20-12-6-4-7-13(9-12)21(18,19)10-11-5-2-3-8-14(11)15(16)17/h2-9H,10H2,1H3,(H,16,17). The average molecular weight is 306 g/mol. The molecule has 0 radical (unpaired) electrons. The highest BCUT2D eigenvalue weighted by molar-refractivity contribution is 7.90. The topological polar surface area (TPSA) is 80.7 Å². The van der Waals surface area contributed by atoms with Gasteiger partial charge < -0.3 is 9.84 Å². The zero-order valence-corrected chi connectivity index (χ0v) is 12.1. The van der Waals surface area contributed by atoms with Crippen molar-refractivity contribution in [2.75, 3.05) is 7.11 Å². The number of carbonyl (C=O) groups is 1. The summed E-state index contributed by atoms with van der Waals surface area (Å²) in [6.45, 7) is 0. The summed E-state index contributed by atoms with van der Waals surface area (Å²) >= 11 is 0. The highest BCUT2D eigenvalue weighted by Crippen LogP contribution is 2.22. The van der Waals surface area contributed by atoms with Crippen LogP contribution in [0, 0.1) is 0 Å². The second kappa shape index (κ2) is 5.97. The van der Waals surface area contributed by atoms with Crippen LogP contribution in [-0.4, -0.2) is 26.6 Å². The predicted octanol–water partition coefficient (Wildman–Crippen LogP) is 2.37. The third-order valence-corrected chi connectivity index (χ3v) is 4.66. The molecular weight excluding hydrogens is 292 g/mol. The van der Waals surface area contributed by atoms with Crippen molar-refractivity contribution in [3.8, 4) is 5.75 Å². The van der Waals surface area contributed by atoms with Crippen LogP contribution < -0.4 is 4.74 Å². The van der Waals surface area contributed by atoms with E-state index < -0.39 is 15.8 Å². The van der Waals surface area contributed by atoms with E-state index in [1.165, 1.54) is 31.4 Å². The number of carboxylic acids is 1. The van der Waals surface area contributed by atoms with E-state index in [2.05, 4.69) is 0 Å². The van der Waals surface area contributed by atoms with Crippen molar-refractivity contribution in [3.63, 3.8) is 0 Å². The lowest BCUT2D eigenvalue weighted by atomic mass is 10.1. The molecule has 0 aromatic heterocycles. The van der Waals surface area contributed by atoms with Gasteiger partial charge in [0.2, 0.25) is 0 Å². The van der Waals surface area contributed by atoms with Gasteiger partial charge in [0.15, 0.2) is 9.84 Å². The van der Waals surface area contributed by atoms with E-state index >= 15 is 0 Å². The number of ether oxygens (including phenoxy) is 1. The number of benzene rings is 2. The number of aromatic carboxylic acids is 1. The summed E-state index contributed by atoms with van der Waals surface area (Å²) in [4.78, 5) is 11.2. The molecule has 0 unspecified atom stereocenters. The van der Waals surface area contributed by atoms with Crippen molar-refractivity contribution in [1.82, 2.24) is 0 Å². The number of hydrogen-bond acceptors (Lipinski definition) is 4. The van der Waals surface area contributed by atoms with Gasteiger partial charge in [0.1, 0.15) is 5.75 Å². The van der Waals surface area contributed by atoms with Gasteiger partial charge in [0.05, 0.1) is 23.3 Å². The smallest absolute Gasteiger partial charge is 0.335 e. The van der Waals surface area contributed by atoms with Crippen molar-refractivity contribution >= 4 is 15.8 Å². The molecule has 0 atom stereocenters. The molecule has 0 saturated carbocycles. The molecule has 110 valence electrons. The Hall–Kier alpha value is -2.34. The minimum atomic E-state index is -3.65. The highest BCUT2D eigenvalue weighted by atomic mass is 32.2. The maximum absolute atomic E-state index is 12.4. The normalized spacial score (nSPS) is 11.1. The van der Waals surface area contributed by atoms with E-state index in [1.54, 1.807) is 24.3 Å². The zero-order valence-electron chi connectivity index (χ0n) is 11.3. The molecule has 0 bridgehead atoms. The van der Waals surface area contributed by atoms with Crippen molar-refractivity contribution in [1.29, 1.82) is 0 Å². The van der Waals surface area contributed by atoms with Crippen LogP contribution in [-0.2, 0) is 15.6 Å². The molecule has 0 heterocycles. The van der Waals surface area contributed by atoms with Gasteiger partial charge in [-0.2, -0.15) is 0 Å². The molecule has 0 aliphatic heterocycles. The lowest BCUT2D eigenvalue weighted by molar-refractivity contribution is 0.0696. The Kier molecular flexibility index (Phi) is 4.28. The third kappa shape index (κ3) is 3.41. The van der Waals surface area contributed by atoms with E-state index in [1.807, 2.05) is 0 Å². The van der Waals surface area contributed by atoms with Crippen LogP contribution >= 0.6 is 0 Å². The first-order chi connectivity index (χ1) is 9.94. The molecular formula is C15H14O5S. The minimum Gasteiger partial charge on any atom is -0.497 e. The SMILES string of the molecule is COc1cccc(S(=O)(=O)Cc2ccccc2C(=O)O)c1. The fourth-order valence-corrected chi connectivity index (χ4v) is 3.35. The van der Waals surface area contributed by atoms with Gasteiger partial charge in [-0.3, -0.25) is 0 Å². The lowest BCUT2D eigenvalue weighted by Crippen LogP contribution is -2.09. The molecule has 2 aromatic carbocycles. The molecule has 0 fully saturated rings. The van der Waals surface area contributed by atoms with E-state index in [0.717, 1.165) is 0 Å². The molecule has 0 aliphatic carbocycles. The Morgan fingerprint density at radius 2 is 1.86 bits per heavy atom. The summed E-state index contributed by atoms with van der Waals surface area (Å²) < 4.78 is 29.8. The highest BCUT2D eigenvalue weighted by Gasteiger charge is 2.19. The van der Waals surface area contributed by atoms with Crippen LogP contribution in [0.3, 0.4) is 0 Å². The van der Waals surface area contributed by atoms with Gasteiger partial charge >= 0.3 is 5.97 Å². The Morgan fingerprint density at radius 3 is 2.52 bits per heavy atom. The van der Waals surface area contributed by atoms with E-state index in [0.29, 0.717) is 5.75 Å². The number of rotatable bonds is 5. The van der Waals surface area contributed by atoms with Crippen LogP contribution in [0.25, 0.3) is 0 Å². The quantitative estimate of drug-likeness (QED) is 0.917. The summed E-state index contributed by atoms with van der Waals surface area (Å²) in [5, 5.41) is 9.10. The largest absolute Gasteiger partial charge is 0.497 e. The van der Waals surface area contributed by atoms with E-state index in [4.69, 9.17) is 9.84 Å². The first-order valence-corrected chi connectivity index (χ1v) is 7.77. The van der Waals surface area contributed by atoms with Gasteiger partial charge in [-0.25, -0.2) is 13.2 Å². The second-order valence-electron chi connectivity index (χ2n) is 4.40. The lowest BCUT2D eigenvalue weighted by Gasteiger charge is -2.08. The molecule has 0 amide bonds. The molecule has 2 aromatic rings. The minimum absolute atomic E-state index is 0.0102. The predicted molar refractivity (Wildman–Crippen MR) is 77.3 cm³/mol. The van der Waals surface area contributed by atoms with Gasteiger partial charge in [-0.15, -0.1) is 0 Å². The van der Waals surface area contributed by atoms with Gasteiger partial charge in [-0.05, 0) is 29.8 Å². The Balaban J connectivity index is 2.40. The van der Waals surface area contributed by atoms with Crippen LogP contribution in [0.2, 0.25) is 0 Å². The molecule has 0 spiro atoms. The summed E-state index contributed by atoms with van der Waals surface area (Å²) in [6.07, 6.45) is 0. The number of carboxylic acid groups (broad SMARTS) is 1. The summed E-state index contributed by atoms with van der Waals surface area (Å²) in [6, 6.07) is 12.2. The Bertz CT molecular complexity index is 765. The summed E-state index contributed by atoms with van der Waals surface area (Å²) in [5.41, 5.74) is 0.247. The van der Waals surface area contributed by atoms with E-state index in [-0.39, 0.29) is 21.8 Å². The number of sulfone groups is 1. The number of hydrogen-bond donors (Lipinski definition) is 1. The summed E-state index contributed by atoms with van der Waals surface area (Å²) in [7, 11) is -2.20. The Morgan fingerprint density at radius 1 is 1.14 bits per heavy atom. The monoisotopic (exact) mass is 306 g/mol. The number of methoxy groups -OCH3 is 1. The Labute approximate surface area is 122 Å². The van der Waals surface area contributed by atoms with Crippen LogP contribution in [0.15, 0.2) is 53.4 Å². The molecule has 0 aliphatic rings. The molecule has 21 heavy (non-hydrogen) atoms. The maximum Gasteiger partial charge on any atom is 0.335 e. The molecule has 5 nitrogen and oxygen atoms in total. The zero-order chi connectivity index (χ0) is 15.5. The molecule has 6 heteroatoms. The fraction of sp³-hybridized carbons (Fsp3) is 0.133. The first kappa shape index (κ1) is 15.1. The fourth-order valence-electron chi connectivity index (χ4n) is 1.94. The maximum atomic E-state index is 12.4. The van der Waals surface area contributed by atoms with Crippen LogP contribution in [0.1, 0.15) is 15.9 Å². The van der Waals surface area contributed by atoms with Gasteiger partial charge in [-0.1, -0.05) is 24.3 Å². The van der Waals surface area contributed by atoms with Crippen molar-refractivity contribution in [2.45, 2.75) is 10.6 Å². The van der Waals surface area contributed by atoms with Crippen molar-refractivity contribution in [2.24, 2.45) is 0 Å². The average Bonchev–Trinajstić information content (AvgIpc) is 2.47. The van der Waals surface area contributed by atoms with Crippen molar-refractivity contribution in [3.05, 3.63) is 59.7 Å². The van der Waals surface area contributed by atoms with Crippen LogP contribution in [0.4, 0.5) is 0 Å². The third-order valence-electron chi connectivity index (χ3n) is 2.99. The summed E-state index contributed by atoms with van der Waals surface area (Å²) in [5.74, 6) is -1.09. The first-order valence-electron chi connectivity index (χ1n) is 6.12. The molecule has 1 N–H and O–H groups in total.